The van der Waals surface area contributed by atoms with Gasteiger partial charge in [-0.25, -0.2) is 8.42 Å². The Morgan fingerprint density at radius 3 is 2.45 bits per heavy atom. The first kappa shape index (κ1) is 16.7. The SMILES string of the molecule is CCOC(=O)C(c1ccccc1)S(=O)(=O)CCCOC. The van der Waals surface area contributed by atoms with E-state index in [0.29, 0.717) is 18.6 Å². The van der Waals surface area contributed by atoms with Crippen LogP contribution in [0.15, 0.2) is 30.3 Å². The Balaban J connectivity index is 3.02. The van der Waals surface area contributed by atoms with Crippen molar-refractivity contribution in [3.8, 4) is 0 Å². The normalized spacial score (nSPS) is 12.9. The van der Waals surface area contributed by atoms with Gasteiger partial charge in [0.15, 0.2) is 15.1 Å². The molecule has 0 amide bonds. The number of carbonyl (C=O) groups is 1. The summed E-state index contributed by atoms with van der Waals surface area (Å²) < 4.78 is 34.5. The second-order valence-corrected chi connectivity index (χ2v) is 6.46. The van der Waals surface area contributed by atoms with Gasteiger partial charge in [-0.1, -0.05) is 30.3 Å². The van der Waals surface area contributed by atoms with Gasteiger partial charge in [0.05, 0.1) is 12.4 Å². The van der Waals surface area contributed by atoms with Gasteiger partial charge in [-0.15, -0.1) is 0 Å². The molecule has 5 nitrogen and oxygen atoms in total. The number of carbonyl (C=O) groups excluding carboxylic acids is 1. The molecule has 0 aliphatic rings. The maximum absolute atomic E-state index is 12.4. The summed E-state index contributed by atoms with van der Waals surface area (Å²) in [6.45, 7) is 2.14. The number of hydrogen-bond donors (Lipinski definition) is 0. The molecule has 0 saturated heterocycles. The van der Waals surface area contributed by atoms with Gasteiger partial charge in [0.25, 0.3) is 0 Å². The largest absolute Gasteiger partial charge is 0.465 e. The monoisotopic (exact) mass is 300 g/mol. The Morgan fingerprint density at radius 1 is 1.25 bits per heavy atom. The first-order chi connectivity index (χ1) is 9.53. The van der Waals surface area contributed by atoms with Gasteiger partial charge in [0.2, 0.25) is 0 Å². The van der Waals surface area contributed by atoms with E-state index < -0.39 is 21.1 Å². The molecule has 1 rings (SSSR count). The van der Waals surface area contributed by atoms with Crippen molar-refractivity contribution >= 4 is 15.8 Å². The Labute approximate surface area is 119 Å². The average molecular weight is 300 g/mol. The van der Waals surface area contributed by atoms with Gasteiger partial charge < -0.3 is 9.47 Å². The predicted molar refractivity (Wildman–Crippen MR) is 76.1 cm³/mol. The summed E-state index contributed by atoms with van der Waals surface area (Å²) in [6.07, 6.45) is 0.349. The Bertz CT molecular complexity index is 510. The first-order valence-corrected chi connectivity index (χ1v) is 8.16. The Morgan fingerprint density at radius 2 is 1.90 bits per heavy atom. The quantitative estimate of drug-likeness (QED) is 0.540. The molecule has 20 heavy (non-hydrogen) atoms. The topological polar surface area (TPSA) is 69.7 Å². The van der Waals surface area contributed by atoms with E-state index in [1.165, 1.54) is 7.11 Å². The van der Waals surface area contributed by atoms with Gasteiger partial charge in [-0.05, 0) is 18.9 Å². The summed E-state index contributed by atoms with van der Waals surface area (Å²) in [4.78, 5) is 12.0. The van der Waals surface area contributed by atoms with E-state index >= 15 is 0 Å². The van der Waals surface area contributed by atoms with E-state index in [1.54, 1.807) is 37.3 Å². The van der Waals surface area contributed by atoms with Gasteiger partial charge in [0, 0.05) is 13.7 Å². The molecule has 0 fully saturated rings. The molecule has 0 radical (unpaired) electrons. The Kier molecular flexibility index (Phi) is 6.67. The molecular weight excluding hydrogens is 280 g/mol. The zero-order valence-electron chi connectivity index (χ0n) is 11.7. The minimum Gasteiger partial charge on any atom is -0.465 e. The van der Waals surface area contributed by atoms with Crippen molar-refractivity contribution in [2.45, 2.75) is 18.6 Å². The van der Waals surface area contributed by atoms with Crippen molar-refractivity contribution in [3.05, 3.63) is 35.9 Å². The van der Waals surface area contributed by atoms with E-state index in [1.807, 2.05) is 0 Å². The highest BCUT2D eigenvalue weighted by Crippen LogP contribution is 2.25. The summed E-state index contributed by atoms with van der Waals surface area (Å²) in [5.41, 5.74) is 0.434. The molecule has 0 saturated carbocycles. The van der Waals surface area contributed by atoms with Crippen molar-refractivity contribution in [3.63, 3.8) is 0 Å². The van der Waals surface area contributed by atoms with Crippen LogP contribution in [0.5, 0.6) is 0 Å². The van der Waals surface area contributed by atoms with Crippen LogP contribution in [0.4, 0.5) is 0 Å². The lowest BCUT2D eigenvalue weighted by Crippen LogP contribution is -2.27. The van der Waals surface area contributed by atoms with Crippen molar-refractivity contribution in [1.82, 2.24) is 0 Å². The van der Waals surface area contributed by atoms with Gasteiger partial charge in [-0.2, -0.15) is 0 Å². The van der Waals surface area contributed by atoms with Crippen LogP contribution in [0, 0.1) is 0 Å². The van der Waals surface area contributed by atoms with Crippen LogP contribution in [0.1, 0.15) is 24.2 Å². The lowest BCUT2D eigenvalue weighted by Gasteiger charge is -2.16. The number of ether oxygens (including phenoxy) is 2. The minimum atomic E-state index is -3.62. The molecule has 0 aliphatic heterocycles. The molecule has 6 heteroatoms. The fourth-order valence-corrected chi connectivity index (χ4v) is 3.55. The van der Waals surface area contributed by atoms with Crippen molar-refractivity contribution in [1.29, 1.82) is 0 Å². The summed E-state index contributed by atoms with van der Waals surface area (Å²) >= 11 is 0. The van der Waals surface area contributed by atoms with Crippen LogP contribution in [0.2, 0.25) is 0 Å². The minimum absolute atomic E-state index is 0.112. The summed E-state index contributed by atoms with van der Waals surface area (Å²) in [6, 6.07) is 8.41. The van der Waals surface area contributed by atoms with Crippen LogP contribution in [0.3, 0.4) is 0 Å². The van der Waals surface area contributed by atoms with E-state index in [0.717, 1.165) is 0 Å². The van der Waals surface area contributed by atoms with E-state index in [4.69, 9.17) is 9.47 Å². The maximum atomic E-state index is 12.4. The molecular formula is C14H20O5S. The van der Waals surface area contributed by atoms with Crippen LogP contribution in [-0.2, 0) is 24.1 Å². The zero-order chi connectivity index (χ0) is 15.0. The smallest absolute Gasteiger partial charge is 0.328 e. The second kappa shape index (κ2) is 8.01. The molecule has 0 aromatic heterocycles. The summed E-state index contributed by atoms with van der Waals surface area (Å²) in [5.74, 6) is -0.838. The highest BCUT2D eigenvalue weighted by atomic mass is 32.2. The number of sulfone groups is 1. The van der Waals surface area contributed by atoms with Crippen LogP contribution < -0.4 is 0 Å². The van der Waals surface area contributed by atoms with Gasteiger partial charge >= 0.3 is 5.97 Å². The number of esters is 1. The first-order valence-electron chi connectivity index (χ1n) is 6.45. The molecule has 112 valence electrons. The number of rotatable bonds is 8. The third kappa shape index (κ3) is 4.61. The van der Waals surface area contributed by atoms with Crippen molar-refractivity contribution < 1.29 is 22.7 Å². The molecule has 0 bridgehead atoms. The maximum Gasteiger partial charge on any atom is 0.328 e. The lowest BCUT2D eigenvalue weighted by molar-refractivity contribution is -0.142. The number of benzene rings is 1. The molecule has 1 atom stereocenters. The number of hydrogen-bond acceptors (Lipinski definition) is 5. The van der Waals surface area contributed by atoms with Gasteiger partial charge in [-0.3, -0.25) is 4.79 Å². The molecule has 0 aliphatic carbocycles. The zero-order valence-corrected chi connectivity index (χ0v) is 12.6. The summed E-state index contributed by atoms with van der Waals surface area (Å²) in [5, 5.41) is -1.26. The van der Waals surface area contributed by atoms with E-state index in [2.05, 4.69) is 0 Å². The highest BCUT2D eigenvalue weighted by Gasteiger charge is 2.34. The third-order valence-corrected chi connectivity index (χ3v) is 4.78. The average Bonchev–Trinajstić information content (AvgIpc) is 2.40. The molecule has 1 aromatic rings. The van der Waals surface area contributed by atoms with Gasteiger partial charge in [0.1, 0.15) is 0 Å². The molecule has 0 N–H and O–H groups in total. The fourth-order valence-electron chi connectivity index (χ4n) is 1.86. The van der Waals surface area contributed by atoms with E-state index in [-0.39, 0.29) is 12.4 Å². The third-order valence-electron chi connectivity index (χ3n) is 2.74. The second-order valence-electron chi connectivity index (χ2n) is 4.26. The standard InChI is InChI=1S/C14H20O5S/c1-3-19-14(15)13(12-8-5-4-6-9-12)20(16,17)11-7-10-18-2/h4-6,8-9,13H,3,7,10-11H2,1-2H3. The molecule has 1 aromatic carbocycles. The predicted octanol–water partition coefficient (Wildman–Crippen LogP) is 1.74. The highest BCUT2D eigenvalue weighted by molar-refractivity contribution is 7.92. The van der Waals surface area contributed by atoms with Crippen LogP contribution in [0.25, 0.3) is 0 Å². The Hall–Kier alpha value is -1.40. The fraction of sp³-hybridized carbons (Fsp3) is 0.500. The van der Waals surface area contributed by atoms with Crippen LogP contribution in [-0.4, -0.2) is 40.5 Å². The molecule has 0 spiro atoms. The lowest BCUT2D eigenvalue weighted by atomic mass is 10.1. The van der Waals surface area contributed by atoms with Crippen molar-refractivity contribution in [2.24, 2.45) is 0 Å². The molecule has 1 unspecified atom stereocenters. The number of methoxy groups -OCH3 is 1. The summed E-state index contributed by atoms with van der Waals surface area (Å²) in [7, 11) is -2.12. The van der Waals surface area contributed by atoms with Crippen molar-refractivity contribution in [2.75, 3.05) is 26.1 Å². The molecule has 0 heterocycles. The van der Waals surface area contributed by atoms with E-state index in [9.17, 15) is 13.2 Å². The van der Waals surface area contributed by atoms with Crippen LogP contribution >= 0.6 is 0 Å².